The van der Waals surface area contributed by atoms with Crippen molar-refractivity contribution in [1.82, 2.24) is 5.32 Å². The summed E-state index contributed by atoms with van der Waals surface area (Å²) in [5.74, 6) is -0.299. The third-order valence-electron chi connectivity index (χ3n) is 15.9. The predicted molar refractivity (Wildman–Crippen MR) is 306 cm³/mol. The predicted octanol–water partition coefficient (Wildman–Crippen LogP) is 15.3. The molecule has 1 saturated carbocycles. The van der Waals surface area contributed by atoms with E-state index in [0.29, 0.717) is 19.3 Å². The Morgan fingerprint density at radius 1 is 0.405 bits per heavy atom. The first-order chi connectivity index (χ1) is 35.9. The minimum Gasteiger partial charge on any atom is -0.391 e. The van der Waals surface area contributed by atoms with E-state index in [1.54, 1.807) is 0 Å². The van der Waals surface area contributed by atoms with E-state index in [1.807, 2.05) is 0 Å². The summed E-state index contributed by atoms with van der Waals surface area (Å²) in [6.07, 6.45) is 48.8. The Morgan fingerprint density at radius 2 is 0.649 bits per heavy atom. The summed E-state index contributed by atoms with van der Waals surface area (Å²) in [6, 6.07) is -1.03. The van der Waals surface area contributed by atoms with Gasteiger partial charge in [0.2, 0.25) is 5.91 Å². The lowest BCUT2D eigenvalue weighted by molar-refractivity contribution is -0.220. The first-order valence-corrected chi connectivity index (χ1v) is 33.5. The Kier molecular flexibility index (Phi) is 48.7. The van der Waals surface area contributed by atoms with E-state index in [-0.39, 0.29) is 12.3 Å². The van der Waals surface area contributed by atoms with Crippen molar-refractivity contribution in [1.29, 1.82) is 0 Å². The Morgan fingerprint density at radius 3 is 0.932 bits per heavy atom. The lowest BCUT2D eigenvalue weighted by atomic mass is 9.85. The molecule has 74 heavy (non-hydrogen) atoms. The first-order valence-electron chi connectivity index (χ1n) is 32.0. The van der Waals surface area contributed by atoms with Crippen LogP contribution in [0.3, 0.4) is 0 Å². The summed E-state index contributed by atoms with van der Waals surface area (Å²) in [5.41, 5.74) is 0. The van der Waals surface area contributed by atoms with Crippen molar-refractivity contribution in [3.63, 3.8) is 0 Å². The molecule has 1 fully saturated rings. The van der Waals surface area contributed by atoms with Crippen LogP contribution in [-0.2, 0) is 18.4 Å². The van der Waals surface area contributed by atoms with Crippen LogP contribution in [-0.4, -0.2) is 96.8 Å². The number of nitrogens with one attached hydrogen (secondary N) is 1. The molecular formula is C61H122NO11P. The molecule has 6 unspecified atom stereocenters. The number of rotatable bonds is 56. The monoisotopic (exact) mass is 1080 g/mol. The van der Waals surface area contributed by atoms with Gasteiger partial charge in [0.1, 0.15) is 36.6 Å². The highest BCUT2D eigenvalue weighted by Gasteiger charge is 2.51. The smallest absolute Gasteiger partial charge is 0.391 e. The Balaban J connectivity index is 2.18. The number of hydrogen-bond acceptors (Lipinski definition) is 10. The number of phosphoric acid groups is 1. The van der Waals surface area contributed by atoms with E-state index < -0.39 is 63.2 Å². The number of carbonyl (C=O) groups excluding carboxylic acids is 1. The molecule has 0 spiro atoms. The van der Waals surface area contributed by atoms with E-state index in [9.17, 15) is 44.9 Å². The maximum absolute atomic E-state index is 13.1. The first kappa shape index (κ1) is 71.4. The number of aliphatic hydroxyl groups is 6. The summed E-state index contributed by atoms with van der Waals surface area (Å²) >= 11 is 0. The van der Waals surface area contributed by atoms with Crippen LogP contribution in [0.1, 0.15) is 328 Å². The molecule has 9 atom stereocenters. The average Bonchev–Trinajstić information content (AvgIpc) is 3.39. The molecule has 1 amide bonds. The molecule has 442 valence electrons. The maximum atomic E-state index is 13.1. The number of phosphoric ester groups is 1. The van der Waals surface area contributed by atoms with Gasteiger partial charge in [-0.2, -0.15) is 0 Å². The van der Waals surface area contributed by atoms with Crippen molar-refractivity contribution in [2.75, 3.05) is 6.61 Å². The lowest BCUT2D eigenvalue weighted by Gasteiger charge is -2.41. The quantitative estimate of drug-likeness (QED) is 0.0212. The van der Waals surface area contributed by atoms with Crippen molar-refractivity contribution in [3.8, 4) is 0 Å². The molecule has 1 aliphatic carbocycles. The number of aliphatic hydroxyl groups excluding tert-OH is 6. The van der Waals surface area contributed by atoms with E-state index in [1.165, 1.54) is 250 Å². The summed E-state index contributed by atoms with van der Waals surface area (Å²) in [4.78, 5) is 23.6. The minimum absolute atomic E-state index is 0.244. The summed E-state index contributed by atoms with van der Waals surface area (Å²) in [5, 5.41) is 64.5. The summed E-state index contributed by atoms with van der Waals surface area (Å²) in [7, 11) is -5.06. The lowest BCUT2D eigenvalue weighted by Crippen LogP contribution is -2.64. The van der Waals surface area contributed by atoms with Gasteiger partial charge in [-0.3, -0.25) is 13.8 Å². The maximum Gasteiger partial charge on any atom is 0.472 e. The molecule has 0 aromatic carbocycles. The molecule has 13 heteroatoms. The number of hydrogen-bond donors (Lipinski definition) is 8. The zero-order valence-electron chi connectivity index (χ0n) is 48.2. The molecule has 0 aromatic rings. The van der Waals surface area contributed by atoms with Gasteiger partial charge in [-0.25, -0.2) is 4.57 Å². The normalized spacial score (nSPS) is 20.7. The summed E-state index contributed by atoms with van der Waals surface area (Å²) in [6.45, 7) is 3.95. The van der Waals surface area contributed by atoms with E-state index in [0.717, 1.165) is 38.5 Å². The van der Waals surface area contributed by atoms with Crippen LogP contribution in [0.25, 0.3) is 0 Å². The molecule has 0 radical (unpaired) electrons. The average molecular weight is 1080 g/mol. The molecule has 0 bridgehead atoms. The van der Waals surface area contributed by atoms with Crippen LogP contribution in [0.15, 0.2) is 0 Å². The van der Waals surface area contributed by atoms with Crippen molar-refractivity contribution >= 4 is 13.7 Å². The van der Waals surface area contributed by atoms with Gasteiger partial charge in [0, 0.05) is 6.42 Å². The van der Waals surface area contributed by atoms with Crippen LogP contribution >= 0.6 is 7.82 Å². The van der Waals surface area contributed by atoms with Crippen molar-refractivity contribution in [2.24, 2.45) is 0 Å². The largest absolute Gasteiger partial charge is 0.472 e. The molecule has 0 aliphatic heterocycles. The van der Waals surface area contributed by atoms with Gasteiger partial charge >= 0.3 is 7.82 Å². The molecule has 12 nitrogen and oxygen atoms in total. The molecule has 1 rings (SSSR count). The fourth-order valence-corrected chi connectivity index (χ4v) is 11.8. The van der Waals surface area contributed by atoms with Crippen LogP contribution in [0.5, 0.6) is 0 Å². The molecule has 1 aliphatic rings. The number of carbonyl (C=O) groups is 1. The SMILES string of the molecule is CCCCCCCCCCCCCCCCCCCCCCCCCCCCCCCCCCC(=O)N[C@@H](COP(=O)(O)OC1C(O)C(O)C(O)[C@@H](O)C1O)[C@H](O)CCCCCCCCCCCCCCCCC. The van der Waals surface area contributed by atoms with Crippen molar-refractivity contribution in [2.45, 2.75) is 377 Å². The van der Waals surface area contributed by atoms with E-state index >= 15 is 0 Å². The van der Waals surface area contributed by atoms with Gasteiger partial charge in [-0.15, -0.1) is 0 Å². The molecule has 8 N–H and O–H groups in total. The Hall–Kier alpha value is -0.660. The number of amides is 1. The zero-order valence-corrected chi connectivity index (χ0v) is 49.1. The van der Waals surface area contributed by atoms with Crippen LogP contribution in [0.2, 0.25) is 0 Å². The van der Waals surface area contributed by atoms with E-state index in [2.05, 4.69) is 19.2 Å². The van der Waals surface area contributed by atoms with Crippen LogP contribution in [0, 0.1) is 0 Å². The van der Waals surface area contributed by atoms with Gasteiger partial charge in [0.25, 0.3) is 0 Å². The zero-order chi connectivity index (χ0) is 54.2. The van der Waals surface area contributed by atoms with Crippen molar-refractivity contribution < 1.29 is 53.9 Å². The number of unbranched alkanes of at least 4 members (excludes halogenated alkanes) is 45. The second-order valence-electron chi connectivity index (χ2n) is 23.0. The highest BCUT2D eigenvalue weighted by Crippen LogP contribution is 2.47. The van der Waals surface area contributed by atoms with Gasteiger partial charge < -0.3 is 40.8 Å². The third kappa shape index (κ3) is 40.5. The Labute approximate surface area is 455 Å². The highest BCUT2D eigenvalue weighted by molar-refractivity contribution is 7.47. The second-order valence-corrected chi connectivity index (χ2v) is 24.4. The molecule has 0 aromatic heterocycles. The third-order valence-corrected chi connectivity index (χ3v) is 16.9. The van der Waals surface area contributed by atoms with Gasteiger partial charge in [0.05, 0.1) is 18.8 Å². The van der Waals surface area contributed by atoms with Gasteiger partial charge in [-0.05, 0) is 12.8 Å². The van der Waals surface area contributed by atoms with E-state index in [4.69, 9.17) is 9.05 Å². The molecule has 0 saturated heterocycles. The fraction of sp³-hybridized carbons (Fsp3) is 0.984. The molecule has 0 heterocycles. The highest BCUT2D eigenvalue weighted by atomic mass is 31.2. The topological polar surface area (TPSA) is 206 Å². The molecular weight excluding hydrogens is 954 g/mol. The minimum atomic E-state index is -5.06. The van der Waals surface area contributed by atoms with Crippen LogP contribution in [0.4, 0.5) is 0 Å². The van der Waals surface area contributed by atoms with Gasteiger partial charge in [0.15, 0.2) is 0 Å². The Bertz CT molecular complexity index is 1250. The fourth-order valence-electron chi connectivity index (χ4n) is 10.8. The van der Waals surface area contributed by atoms with Crippen LogP contribution < -0.4 is 5.32 Å². The standard InChI is InChI=1S/C61H122NO11P/c1-3-5-7-9-11-13-15-17-19-20-21-22-23-24-25-26-27-28-29-30-31-32-33-34-35-37-39-41-43-45-47-49-51-55(64)62-53(52-72-74(70,71)73-61-59(68)57(66)56(65)58(67)60(61)69)54(63)50-48-46-44-42-40-38-36-18-16-14-12-10-8-6-4-2/h53-54,56-61,63,65-69H,3-52H2,1-2H3,(H,62,64)(H,70,71)/t53-,54+,56?,57+,58?,59?,60?,61?/m0/s1. The second kappa shape index (κ2) is 50.6. The summed E-state index contributed by atoms with van der Waals surface area (Å²) < 4.78 is 23.1. The van der Waals surface area contributed by atoms with Gasteiger partial charge in [-0.1, -0.05) is 309 Å². The van der Waals surface area contributed by atoms with Crippen molar-refractivity contribution in [3.05, 3.63) is 0 Å².